The smallest absolute Gasteiger partial charge is 0.330 e. The molecule has 94 valence electrons. The average molecular weight is 241 g/mol. The van der Waals surface area contributed by atoms with Crippen LogP contribution >= 0.6 is 0 Å². The summed E-state index contributed by atoms with van der Waals surface area (Å²) in [6.45, 7) is 0.523. The highest BCUT2D eigenvalue weighted by Gasteiger charge is 2.06. The standard InChI is InChI=1S/C10H15N3O4/c1-12-6-7(5-11-4-3-8(14)15)9(16)13(2)10(12)17/h6,11H,3-5H2,1-2H3,(H,14,15). The fourth-order valence-electron chi connectivity index (χ4n) is 1.42. The molecule has 0 radical (unpaired) electrons. The fraction of sp³-hybridized carbons (Fsp3) is 0.500. The third kappa shape index (κ3) is 3.28. The minimum atomic E-state index is -0.897. The third-order valence-corrected chi connectivity index (χ3v) is 2.35. The van der Waals surface area contributed by atoms with Crippen molar-refractivity contribution in [2.24, 2.45) is 14.1 Å². The molecule has 1 aromatic rings. The highest BCUT2D eigenvalue weighted by molar-refractivity contribution is 5.66. The van der Waals surface area contributed by atoms with Gasteiger partial charge in [0, 0.05) is 38.9 Å². The summed E-state index contributed by atoms with van der Waals surface area (Å²) >= 11 is 0. The van der Waals surface area contributed by atoms with E-state index in [9.17, 15) is 14.4 Å². The molecule has 0 amide bonds. The first kappa shape index (κ1) is 13.2. The number of hydrogen-bond donors (Lipinski definition) is 2. The van der Waals surface area contributed by atoms with Gasteiger partial charge in [0.15, 0.2) is 0 Å². The van der Waals surface area contributed by atoms with Crippen LogP contribution in [0.25, 0.3) is 0 Å². The maximum absolute atomic E-state index is 11.7. The molecule has 0 aliphatic rings. The van der Waals surface area contributed by atoms with E-state index in [1.807, 2.05) is 0 Å². The van der Waals surface area contributed by atoms with Gasteiger partial charge in [0.2, 0.25) is 0 Å². The zero-order valence-electron chi connectivity index (χ0n) is 9.77. The summed E-state index contributed by atoms with van der Waals surface area (Å²) in [4.78, 5) is 33.3. The first-order valence-corrected chi connectivity index (χ1v) is 5.11. The Morgan fingerprint density at radius 3 is 2.65 bits per heavy atom. The Hall–Kier alpha value is -1.89. The molecular weight excluding hydrogens is 226 g/mol. The molecule has 0 bridgehead atoms. The van der Waals surface area contributed by atoms with Crippen molar-refractivity contribution in [1.82, 2.24) is 14.5 Å². The highest BCUT2D eigenvalue weighted by atomic mass is 16.4. The van der Waals surface area contributed by atoms with Crippen molar-refractivity contribution >= 4 is 5.97 Å². The normalized spacial score (nSPS) is 10.5. The minimum Gasteiger partial charge on any atom is -0.481 e. The third-order valence-electron chi connectivity index (χ3n) is 2.35. The van der Waals surface area contributed by atoms with Gasteiger partial charge in [0.05, 0.1) is 6.42 Å². The van der Waals surface area contributed by atoms with E-state index in [0.29, 0.717) is 5.56 Å². The van der Waals surface area contributed by atoms with Crippen molar-refractivity contribution in [3.8, 4) is 0 Å². The Labute approximate surface area is 97.3 Å². The number of rotatable bonds is 5. The van der Waals surface area contributed by atoms with Gasteiger partial charge in [-0.25, -0.2) is 4.79 Å². The summed E-state index contributed by atoms with van der Waals surface area (Å²) in [6, 6.07) is 0. The van der Waals surface area contributed by atoms with E-state index in [2.05, 4.69) is 5.32 Å². The first-order chi connectivity index (χ1) is 7.93. The highest BCUT2D eigenvalue weighted by Crippen LogP contribution is 1.87. The van der Waals surface area contributed by atoms with Gasteiger partial charge in [-0.3, -0.25) is 14.2 Å². The van der Waals surface area contributed by atoms with Crippen molar-refractivity contribution in [2.45, 2.75) is 13.0 Å². The van der Waals surface area contributed by atoms with Crippen LogP contribution in [-0.2, 0) is 25.4 Å². The SMILES string of the molecule is Cn1cc(CNCCC(=O)O)c(=O)n(C)c1=O. The van der Waals surface area contributed by atoms with E-state index in [0.717, 1.165) is 4.57 Å². The molecule has 1 heterocycles. The molecule has 0 atom stereocenters. The molecule has 7 heteroatoms. The second-order valence-corrected chi connectivity index (χ2v) is 3.73. The maximum atomic E-state index is 11.7. The van der Waals surface area contributed by atoms with Crippen molar-refractivity contribution in [2.75, 3.05) is 6.54 Å². The van der Waals surface area contributed by atoms with Crippen molar-refractivity contribution in [3.63, 3.8) is 0 Å². The number of aromatic nitrogens is 2. The zero-order chi connectivity index (χ0) is 13.0. The first-order valence-electron chi connectivity index (χ1n) is 5.11. The molecule has 2 N–H and O–H groups in total. The van der Waals surface area contributed by atoms with E-state index in [-0.39, 0.29) is 30.8 Å². The largest absolute Gasteiger partial charge is 0.481 e. The van der Waals surface area contributed by atoms with Crippen LogP contribution in [0.3, 0.4) is 0 Å². The van der Waals surface area contributed by atoms with E-state index in [4.69, 9.17) is 5.11 Å². The fourth-order valence-corrected chi connectivity index (χ4v) is 1.42. The number of aliphatic carboxylic acids is 1. The average Bonchev–Trinajstić information content (AvgIpc) is 2.27. The van der Waals surface area contributed by atoms with Crippen LogP contribution in [0.1, 0.15) is 12.0 Å². The van der Waals surface area contributed by atoms with Crippen LogP contribution in [-0.4, -0.2) is 26.8 Å². The summed E-state index contributed by atoms with van der Waals surface area (Å²) in [5.41, 5.74) is -0.319. The van der Waals surface area contributed by atoms with Crippen LogP contribution in [0.5, 0.6) is 0 Å². The van der Waals surface area contributed by atoms with Gasteiger partial charge in [-0.05, 0) is 0 Å². The van der Waals surface area contributed by atoms with Gasteiger partial charge in [-0.15, -0.1) is 0 Å². The maximum Gasteiger partial charge on any atom is 0.330 e. The summed E-state index contributed by atoms with van der Waals surface area (Å²) in [6.07, 6.45) is 1.45. The molecule has 17 heavy (non-hydrogen) atoms. The quantitative estimate of drug-likeness (QED) is 0.622. The van der Waals surface area contributed by atoms with E-state index in [1.165, 1.54) is 17.8 Å². The molecule has 7 nitrogen and oxygen atoms in total. The number of carboxylic acids is 1. The van der Waals surface area contributed by atoms with Crippen LogP contribution < -0.4 is 16.6 Å². The Morgan fingerprint density at radius 1 is 1.41 bits per heavy atom. The molecule has 0 aliphatic heterocycles. The van der Waals surface area contributed by atoms with Crippen molar-refractivity contribution < 1.29 is 9.90 Å². The molecule has 0 aliphatic carbocycles. The number of aryl methyl sites for hydroxylation is 1. The van der Waals surface area contributed by atoms with E-state index in [1.54, 1.807) is 7.05 Å². The number of hydrogen-bond acceptors (Lipinski definition) is 4. The monoisotopic (exact) mass is 241 g/mol. The lowest BCUT2D eigenvalue weighted by Crippen LogP contribution is -2.39. The molecule has 0 saturated carbocycles. The number of nitrogens with one attached hydrogen (secondary N) is 1. The lowest BCUT2D eigenvalue weighted by molar-refractivity contribution is -0.136. The van der Waals surface area contributed by atoms with E-state index >= 15 is 0 Å². The number of carbonyl (C=O) groups is 1. The summed E-state index contributed by atoms with van der Waals surface area (Å²) in [7, 11) is 2.97. The Bertz CT molecular complexity index is 529. The van der Waals surface area contributed by atoms with E-state index < -0.39 is 5.97 Å². The molecule has 1 aromatic heterocycles. The summed E-state index contributed by atoms with van der Waals surface area (Å²) in [5, 5.41) is 11.3. The van der Waals surface area contributed by atoms with Gasteiger partial charge in [-0.1, -0.05) is 0 Å². The molecule has 0 aromatic carbocycles. The van der Waals surface area contributed by atoms with Crippen LogP contribution in [0.2, 0.25) is 0 Å². The molecule has 0 unspecified atom stereocenters. The summed E-state index contributed by atoms with van der Waals surface area (Å²) < 4.78 is 2.34. The molecule has 0 saturated heterocycles. The van der Waals surface area contributed by atoms with Crippen molar-refractivity contribution in [3.05, 3.63) is 32.6 Å². The molecular formula is C10H15N3O4. The second-order valence-electron chi connectivity index (χ2n) is 3.73. The van der Waals surface area contributed by atoms with Gasteiger partial charge in [0.25, 0.3) is 5.56 Å². The molecule has 1 rings (SSSR count). The van der Waals surface area contributed by atoms with Gasteiger partial charge in [0.1, 0.15) is 0 Å². The second kappa shape index (κ2) is 5.44. The Kier molecular flexibility index (Phi) is 4.22. The predicted molar refractivity (Wildman–Crippen MR) is 60.9 cm³/mol. The summed E-state index contributed by atoms with van der Waals surface area (Å²) in [5.74, 6) is -0.897. The molecule has 0 fully saturated rings. The van der Waals surface area contributed by atoms with Crippen LogP contribution in [0, 0.1) is 0 Å². The van der Waals surface area contributed by atoms with Gasteiger partial charge >= 0.3 is 11.7 Å². The Balaban J connectivity index is 2.76. The zero-order valence-corrected chi connectivity index (χ0v) is 9.77. The lowest BCUT2D eigenvalue weighted by atomic mass is 10.3. The predicted octanol–water partition coefficient (Wildman–Crippen LogP) is -1.35. The van der Waals surface area contributed by atoms with Crippen LogP contribution in [0.15, 0.2) is 15.8 Å². The number of nitrogens with zero attached hydrogens (tertiary/aromatic N) is 2. The van der Waals surface area contributed by atoms with Gasteiger partial charge < -0.3 is 15.0 Å². The topological polar surface area (TPSA) is 93.3 Å². The molecule has 0 spiro atoms. The van der Waals surface area contributed by atoms with Crippen LogP contribution in [0.4, 0.5) is 0 Å². The van der Waals surface area contributed by atoms with Crippen molar-refractivity contribution in [1.29, 1.82) is 0 Å². The lowest BCUT2D eigenvalue weighted by Gasteiger charge is -2.07. The minimum absolute atomic E-state index is 0.00786. The Morgan fingerprint density at radius 2 is 2.06 bits per heavy atom. The number of carboxylic acid groups (broad SMARTS) is 1. The van der Waals surface area contributed by atoms with Gasteiger partial charge in [-0.2, -0.15) is 0 Å².